The van der Waals surface area contributed by atoms with Crippen molar-refractivity contribution in [1.29, 1.82) is 0 Å². The molecule has 1 aliphatic rings. The second-order valence-corrected chi connectivity index (χ2v) is 5.19. The molecule has 2 rings (SSSR count). The van der Waals surface area contributed by atoms with Gasteiger partial charge < -0.3 is 15.2 Å². The molecule has 1 aliphatic heterocycles. The zero-order chi connectivity index (χ0) is 13.7. The molecule has 0 radical (unpaired) electrons. The summed E-state index contributed by atoms with van der Waals surface area (Å²) >= 11 is 0. The van der Waals surface area contributed by atoms with Crippen molar-refractivity contribution in [3.05, 3.63) is 17.0 Å². The number of aryl methyl sites for hydroxylation is 2. The molecule has 114 valence electrons. The molecule has 6 heteroatoms. The van der Waals surface area contributed by atoms with Crippen molar-refractivity contribution < 1.29 is 4.52 Å². The predicted octanol–water partition coefficient (Wildman–Crippen LogP) is 2.64. The molecule has 0 atom stereocenters. The Morgan fingerprint density at radius 2 is 2.00 bits per heavy atom. The minimum Gasteiger partial charge on any atom is -0.370 e. The molecular formula is C14H25IN4O. The largest absolute Gasteiger partial charge is 0.370 e. The number of nitrogens with two attached hydrogens (primary N) is 1. The number of guanidine groups is 1. The third kappa shape index (κ3) is 4.64. The molecule has 1 fully saturated rings. The first-order valence-electron chi connectivity index (χ1n) is 7.15. The fourth-order valence-corrected chi connectivity index (χ4v) is 2.53. The second kappa shape index (κ2) is 8.49. The molecular weight excluding hydrogens is 367 g/mol. The molecule has 1 aromatic heterocycles. The SMILES string of the molecule is Cc1noc(C)c1CCCN=C(N)N1CCCCC1.I. The molecule has 2 heterocycles. The summed E-state index contributed by atoms with van der Waals surface area (Å²) in [7, 11) is 0. The summed E-state index contributed by atoms with van der Waals surface area (Å²) in [6.45, 7) is 6.82. The van der Waals surface area contributed by atoms with Crippen molar-refractivity contribution in [3.8, 4) is 0 Å². The van der Waals surface area contributed by atoms with Crippen LogP contribution in [0, 0.1) is 13.8 Å². The summed E-state index contributed by atoms with van der Waals surface area (Å²) in [5, 5.41) is 3.96. The van der Waals surface area contributed by atoms with E-state index in [2.05, 4.69) is 15.0 Å². The highest BCUT2D eigenvalue weighted by Crippen LogP contribution is 2.14. The predicted molar refractivity (Wildman–Crippen MR) is 91.6 cm³/mol. The van der Waals surface area contributed by atoms with Crippen LogP contribution in [0.5, 0.6) is 0 Å². The fourth-order valence-electron chi connectivity index (χ4n) is 2.53. The maximum absolute atomic E-state index is 6.01. The van der Waals surface area contributed by atoms with Gasteiger partial charge >= 0.3 is 0 Å². The van der Waals surface area contributed by atoms with Gasteiger partial charge in [0.25, 0.3) is 0 Å². The van der Waals surface area contributed by atoms with E-state index < -0.39 is 0 Å². The summed E-state index contributed by atoms with van der Waals surface area (Å²) in [6.07, 6.45) is 5.72. The number of aromatic nitrogens is 1. The summed E-state index contributed by atoms with van der Waals surface area (Å²) < 4.78 is 5.15. The number of hydrogen-bond donors (Lipinski definition) is 1. The van der Waals surface area contributed by atoms with Gasteiger partial charge in [-0.2, -0.15) is 0 Å². The number of rotatable bonds is 4. The second-order valence-electron chi connectivity index (χ2n) is 5.19. The van der Waals surface area contributed by atoms with Crippen LogP contribution in [0.25, 0.3) is 0 Å². The number of likely N-dealkylation sites (tertiary alicyclic amines) is 1. The van der Waals surface area contributed by atoms with Crippen molar-refractivity contribution in [3.63, 3.8) is 0 Å². The van der Waals surface area contributed by atoms with Crippen molar-refractivity contribution in [1.82, 2.24) is 10.1 Å². The van der Waals surface area contributed by atoms with Gasteiger partial charge in [0, 0.05) is 25.2 Å². The zero-order valence-corrected chi connectivity index (χ0v) is 14.7. The third-order valence-electron chi connectivity index (χ3n) is 3.72. The lowest BCUT2D eigenvalue weighted by atomic mass is 10.1. The average Bonchev–Trinajstić information content (AvgIpc) is 2.75. The van der Waals surface area contributed by atoms with E-state index in [1.165, 1.54) is 24.8 Å². The quantitative estimate of drug-likeness (QED) is 0.370. The maximum atomic E-state index is 6.01. The van der Waals surface area contributed by atoms with Gasteiger partial charge in [-0.1, -0.05) is 5.16 Å². The number of hydrogen-bond acceptors (Lipinski definition) is 3. The number of nitrogens with zero attached hydrogens (tertiary/aromatic N) is 3. The van der Waals surface area contributed by atoms with Gasteiger partial charge in [-0.05, 0) is 46.0 Å². The number of aliphatic imine (C=N–C) groups is 1. The van der Waals surface area contributed by atoms with Crippen LogP contribution in [0.15, 0.2) is 9.52 Å². The molecule has 0 aliphatic carbocycles. The van der Waals surface area contributed by atoms with Crippen molar-refractivity contribution >= 4 is 29.9 Å². The number of piperidine rings is 1. The van der Waals surface area contributed by atoms with Crippen LogP contribution >= 0.6 is 24.0 Å². The lowest BCUT2D eigenvalue weighted by molar-refractivity contribution is 0.338. The third-order valence-corrected chi connectivity index (χ3v) is 3.72. The van der Waals surface area contributed by atoms with Crippen molar-refractivity contribution in [2.75, 3.05) is 19.6 Å². The van der Waals surface area contributed by atoms with E-state index in [0.29, 0.717) is 5.96 Å². The molecule has 1 saturated heterocycles. The highest BCUT2D eigenvalue weighted by atomic mass is 127. The monoisotopic (exact) mass is 392 g/mol. The highest BCUT2D eigenvalue weighted by Gasteiger charge is 2.12. The van der Waals surface area contributed by atoms with Gasteiger partial charge in [-0.15, -0.1) is 24.0 Å². The molecule has 5 nitrogen and oxygen atoms in total. The van der Waals surface area contributed by atoms with Gasteiger partial charge in [0.2, 0.25) is 0 Å². The molecule has 0 unspecified atom stereocenters. The number of halogens is 1. The van der Waals surface area contributed by atoms with E-state index >= 15 is 0 Å². The zero-order valence-electron chi connectivity index (χ0n) is 12.4. The van der Waals surface area contributed by atoms with Crippen LogP contribution < -0.4 is 5.73 Å². The Kier molecular flexibility index (Phi) is 7.32. The van der Waals surface area contributed by atoms with Gasteiger partial charge in [0.1, 0.15) is 5.76 Å². The van der Waals surface area contributed by atoms with Crippen LogP contribution in [0.3, 0.4) is 0 Å². The molecule has 0 aromatic carbocycles. The average molecular weight is 392 g/mol. The summed E-state index contributed by atoms with van der Waals surface area (Å²) in [4.78, 5) is 6.67. The molecule has 1 aromatic rings. The summed E-state index contributed by atoms with van der Waals surface area (Å²) in [5.74, 6) is 1.63. The smallest absolute Gasteiger partial charge is 0.191 e. The van der Waals surface area contributed by atoms with Gasteiger partial charge in [0.05, 0.1) is 5.69 Å². The Bertz CT molecular complexity index is 419. The Labute approximate surface area is 138 Å². The Morgan fingerprint density at radius 1 is 1.30 bits per heavy atom. The lowest BCUT2D eigenvalue weighted by Crippen LogP contribution is -2.40. The topological polar surface area (TPSA) is 67.6 Å². The first-order valence-corrected chi connectivity index (χ1v) is 7.15. The fraction of sp³-hybridized carbons (Fsp3) is 0.714. The molecule has 2 N–H and O–H groups in total. The van der Waals surface area contributed by atoms with Crippen LogP contribution in [-0.4, -0.2) is 35.7 Å². The lowest BCUT2D eigenvalue weighted by Gasteiger charge is -2.27. The van der Waals surface area contributed by atoms with E-state index in [4.69, 9.17) is 10.3 Å². The van der Waals surface area contributed by atoms with Gasteiger partial charge in [-0.3, -0.25) is 4.99 Å². The minimum atomic E-state index is 0. The molecule has 20 heavy (non-hydrogen) atoms. The Balaban J connectivity index is 0.00000200. The van der Waals surface area contributed by atoms with E-state index in [0.717, 1.165) is 43.9 Å². The van der Waals surface area contributed by atoms with Crippen molar-refractivity contribution in [2.24, 2.45) is 10.7 Å². The molecule has 0 amide bonds. The van der Waals surface area contributed by atoms with E-state index in [1.807, 2.05) is 13.8 Å². The summed E-state index contributed by atoms with van der Waals surface area (Å²) in [5.41, 5.74) is 8.22. The minimum absolute atomic E-state index is 0. The van der Waals surface area contributed by atoms with Crippen LogP contribution in [0.4, 0.5) is 0 Å². The molecule has 0 saturated carbocycles. The normalized spacial score (nSPS) is 16.1. The Morgan fingerprint density at radius 3 is 2.60 bits per heavy atom. The Hall–Kier alpha value is -0.790. The highest BCUT2D eigenvalue weighted by molar-refractivity contribution is 14.0. The van der Waals surface area contributed by atoms with Crippen molar-refractivity contribution in [2.45, 2.75) is 46.0 Å². The van der Waals surface area contributed by atoms with E-state index in [9.17, 15) is 0 Å². The van der Waals surface area contributed by atoms with Crippen LogP contribution in [-0.2, 0) is 6.42 Å². The van der Waals surface area contributed by atoms with Crippen LogP contribution in [0.2, 0.25) is 0 Å². The van der Waals surface area contributed by atoms with Gasteiger partial charge in [-0.25, -0.2) is 0 Å². The first-order chi connectivity index (χ1) is 9.18. The first kappa shape index (κ1) is 17.3. The van der Waals surface area contributed by atoms with E-state index in [-0.39, 0.29) is 24.0 Å². The molecule has 0 bridgehead atoms. The standard InChI is InChI=1S/C14H24N4O.HI/c1-11-13(12(2)19-17-11)7-6-8-16-14(15)18-9-4-3-5-10-18;/h3-10H2,1-2H3,(H2,15,16);1H. The van der Waals surface area contributed by atoms with Crippen LogP contribution in [0.1, 0.15) is 42.7 Å². The summed E-state index contributed by atoms with van der Waals surface area (Å²) in [6, 6.07) is 0. The maximum Gasteiger partial charge on any atom is 0.191 e. The van der Waals surface area contributed by atoms with Gasteiger partial charge in [0.15, 0.2) is 5.96 Å². The molecule has 0 spiro atoms. The van der Waals surface area contributed by atoms with E-state index in [1.54, 1.807) is 0 Å².